The van der Waals surface area contributed by atoms with Gasteiger partial charge in [-0.15, -0.1) is 0 Å². The third-order valence-electron chi connectivity index (χ3n) is 3.18. The first-order valence-corrected chi connectivity index (χ1v) is 7.24. The van der Waals surface area contributed by atoms with Crippen LogP contribution in [0.4, 0.5) is 0 Å². The van der Waals surface area contributed by atoms with Gasteiger partial charge in [0, 0.05) is 23.5 Å². The molecule has 3 N–H and O–H groups in total. The molecule has 0 bridgehead atoms. The summed E-state index contributed by atoms with van der Waals surface area (Å²) in [5, 5.41) is 3.13. The maximum Gasteiger partial charge on any atom is 0.189 e. The van der Waals surface area contributed by atoms with Gasteiger partial charge in [0.2, 0.25) is 0 Å². The lowest BCUT2D eigenvalue weighted by atomic mass is 10.1. The van der Waals surface area contributed by atoms with Crippen LogP contribution in [0.1, 0.15) is 24.8 Å². The fourth-order valence-corrected chi connectivity index (χ4v) is 2.77. The molecule has 1 aromatic rings. The Morgan fingerprint density at radius 1 is 1.58 bits per heavy atom. The van der Waals surface area contributed by atoms with Crippen molar-refractivity contribution < 1.29 is 4.74 Å². The minimum atomic E-state index is 0.175. The third-order valence-corrected chi connectivity index (χ3v) is 3.90. The minimum Gasteiger partial charge on any atom is -0.383 e. The summed E-state index contributed by atoms with van der Waals surface area (Å²) >= 11 is 3.58. The van der Waals surface area contributed by atoms with Crippen LogP contribution >= 0.6 is 15.9 Å². The van der Waals surface area contributed by atoms with E-state index in [0.717, 1.165) is 10.9 Å². The molecular formula is C14H20BrN3O. The number of nitrogens with one attached hydrogen (secondary N) is 1. The molecule has 0 amide bonds. The van der Waals surface area contributed by atoms with Gasteiger partial charge in [0.15, 0.2) is 5.96 Å². The summed E-state index contributed by atoms with van der Waals surface area (Å²) in [6, 6.07) is 8.76. The Morgan fingerprint density at radius 2 is 2.32 bits per heavy atom. The second kappa shape index (κ2) is 6.39. The van der Waals surface area contributed by atoms with E-state index in [-0.39, 0.29) is 6.04 Å². The second-order valence-electron chi connectivity index (χ2n) is 4.95. The lowest BCUT2D eigenvalue weighted by molar-refractivity contribution is 0.179. The monoisotopic (exact) mass is 325 g/mol. The molecule has 1 aliphatic rings. The largest absolute Gasteiger partial charge is 0.383 e. The van der Waals surface area contributed by atoms with Gasteiger partial charge in [-0.25, -0.2) is 4.99 Å². The molecule has 1 unspecified atom stereocenters. The first-order chi connectivity index (χ1) is 9.11. The molecule has 1 saturated carbocycles. The molecule has 1 aliphatic carbocycles. The van der Waals surface area contributed by atoms with E-state index in [2.05, 4.69) is 44.4 Å². The number of hydrogen-bond acceptors (Lipinski definition) is 2. The van der Waals surface area contributed by atoms with E-state index in [1.54, 1.807) is 7.11 Å². The Morgan fingerprint density at radius 3 is 3.00 bits per heavy atom. The lowest BCUT2D eigenvalue weighted by Crippen LogP contribution is -2.40. The normalized spacial score (nSPS) is 24.1. The van der Waals surface area contributed by atoms with Gasteiger partial charge in [0.05, 0.1) is 12.6 Å². The predicted molar refractivity (Wildman–Crippen MR) is 81.4 cm³/mol. The number of methoxy groups -OCH3 is 1. The summed E-state index contributed by atoms with van der Waals surface area (Å²) in [7, 11) is 1.68. The summed E-state index contributed by atoms with van der Waals surface area (Å²) < 4.78 is 6.20. The van der Waals surface area contributed by atoms with Crippen LogP contribution in [0.3, 0.4) is 0 Å². The first kappa shape index (κ1) is 14.3. The molecule has 4 nitrogen and oxygen atoms in total. The number of hydrogen-bond donors (Lipinski definition) is 2. The zero-order valence-corrected chi connectivity index (χ0v) is 12.9. The molecule has 0 heterocycles. The van der Waals surface area contributed by atoms with Crippen molar-refractivity contribution in [2.45, 2.75) is 31.3 Å². The molecule has 0 aromatic heterocycles. The van der Waals surface area contributed by atoms with Crippen molar-refractivity contribution in [3.63, 3.8) is 0 Å². The number of ether oxygens (including phenoxy) is 1. The molecule has 1 aromatic carbocycles. The highest BCUT2D eigenvalue weighted by molar-refractivity contribution is 9.10. The van der Waals surface area contributed by atoms with E-state index in [1.165, 1.54) is 5.56 Å². The number of nitrogens with zero attached hydrogens (tertiary/aromatic N) is 1. The quantitative estimate of drug-likeness (QED) is 0.644. The Bertz CT molecular complexity index is 464. The fourth-order valence-electron chi connectivity index (χ4n) is 2.19. The number of guanidine groups is 1. The van der Waals surface area contributed by atoms with Crippen LogP contribution in [0.15, 0.2) is 33.7 Å². The average molecular weight is 326 g/mol. The summed E-state index contributed by atoms with van der Waals surface area (Å²) in [6.07, 6.45) is 1.06. The number of aliphatic imine (C=N–C) groups is 1. The predicted octanol–water partition coefficient (Wildman–Crippen LogP) is 2.24. The zero-order valence-electron chi connectivity index (χ0n) is 11.3. The summed E-state index contributed by atoms with van der Waals surface area (Å²) in [5.74, 6) is 0.984. The minimum absolute atomic E-state index is 0.175. The van der Waals surface area contributed by atoms with E-state index in [9.17, 15) is 0 Å². The van der Waals surface area contributed by atoms with Crippen molar-refractivity contribution in [2.24, 2.45) is 10.7 Å². The van der Waals surface area contributed by atoms with Crippen LogP contribution in [0.25, 0.3) is 0 Å². The van der Waals surface area contributed by atoms with Gasteiger partial charge in [-0.3, -0.25) is 0 Å². The summed E-state index contributed by atoms with van der Waals surface area (Å²) in [6.45, 7) is 2.64. The van der Waals surface area contributed by atoms with E-state index in [1.807, 2.05) is 13.0 Å². The van der Waals surface area contributed by atoms with Crippen molar-refractivity contribution in [2.75, 3.05) is 13.7 Å². The molecule has 2 rings (SSSR count). The maximum absolute atomic E-state index is 5.90. The Hall–Kier alpha value is -1.07. The Labute approximate surface area is 122 Å². The van der Waals surface area contributed by atoms with E-state index < -0.39 is 0 Å². The van der Waals surface area contributed by atoms with Gasteiger partial charge in [0.1, 0.15) is 0 Å². The molecule has 5 heteroatoms. The molecule has 0 radical (unpaired) electrons. The van der Waals surface area contributed by atoms with E-state index in [4.69, 9.17) is 10.5 Å². The zero-order chi connectivity index (χ0) is 13.8. The number of halogens is 1. The highest BCUT2D eigenvalue weighted by Crippen LogP contribution is 2.45. The Balaban J connectivity index is 1.91. The highest BCUT2D eigenvalue weighted by Gasteiger charge is 2.39. The van der Waals surface area contributed by atoms with Crippen LogP contribution in [-0.4, -0.2) is 31.8 Å². The molecular weight excluding hydrogens is 306 g/mol. The molecule has 3 atom stereocenters. The molecule has 0 aliphatic heterocycles. The van der Waals surface area contributed by atoms with Crippen molar-refractivity contribution in [1.29, 1.82) is 0 Å². The van der Waals surface area contributed by atoms with Crippen molar-refractivity contribution in [3.8, 4) is 0 Å². The summed E-state index contributed by atoms with van der Waals surface area (Å²) in [4.78, 5) is 4.52. The van der Waals surface area contributed by atoms with Crippen LogP contribution in [0.5, 0.6) is 0 Å². The number of benzene rings is 1. The van der Waals surface area contributed by atoms with Gasteiger partial charge >= 0.3 is 0 Å². The molecule has 104 valence electrons. The molecule has 19 heavy (non-hydrogen) atoms. The Kier molecular flexibility index (Phi) is 4.82. The van der Waals surface area contributed by atoms with Crippen LogP contribution in [0, 0.1) is 0 Å². The van der Waals surface area contributed by atoms with Gasteiger partial charge < -0.3 is 15.8 Å². The lowest BCUT2D eigenvalue weighted by Gasteiger charge is -2.13. The standard InChI is InChI=1S/C14H20BrN3O/c1-9(8-19-2)17-14(16)18-13-7-11(13)10-5-3-4-6-12(10)15/h3-6,9,11,13H,7-8H2,1-2H3,(H3,16,17,18)/t9?,11-,13+/m0/s1. The molecule has 0 saturated heterocycles. The average Bonchev–Trinajstić information content (AvgIpc) is 3.08. The first-order valence-electron chi connectivity index (χ1n) is 6.45. The van der Waals surface area contributed by atoms with Gasteiger partial charge in [-0.05, 0) is 25.0 Å². The van der Waals surface area contributed by atoms with Gasteiger partial charge in [-0.1, -0.05) is 34.1 Å². The van der Waals surface area contributed by atoms with Gasteiger partial charge in [0.25, 0.3) is 0 Å². The van der Waals surface area contributed by atoms with Crippen LogP contribution < -0.4 is 11.1 Å². The van der Waals surface area contributed by atoms with Crippen molar-refractivity contribution in [3.05, 3.63) is 34.3 Å². The highest BCUT2D eigenvalue weighted by atomic mass is 79.9. The topological polar surface area (TPSA) is 59.6 Å². The SMILES string of the molecule is COCC(C)NC(N)=N[C@@H]1C[C@H]1c1ccccc1Br. The van der Waals surface area contributed by atoms with Gasteiger partial charge in [-0.2, -0.15) is 0 Å². The van der Waals surface area contributed by atoms with Crippen molar-refractivity contribution >= 4 is 21.9 Å². The molecule has 0 spiro atoms. The third kappa shape index (κ3) is 3.94. The van der Waals surface area contributed by atoms with E-state index >= 15 is 0 Å². The van der Waals surface area contributed by atoms with Crippen LogP contribution in [-0.2, 0) is 4.74 Å². The number of nitrogens with two attached hydrogens (primary N) is 1. The smallest absolute Gasteiger partial charge is 0.189 e. The second-order valence-corrected chi connectivity index (χ2v) is 5.80. The summed E-state index contributed by atoms with van der Waals surface area (Å²) in [5.41, 5.74) is 7.21. The number of rotatable bonds is 5. The van der Waals surface area contributed by atoms with E-state index in [0.29, 0.717) is 24.5 Å². The fraction of sp³-hybridized carbons (Fsp3) is 0.500. The van der Waals surface area contributed by atoms with Crippen molar-refractivity contribution in [1.82, 2.24) is 5.32 Å². The maximum atomic E-state index is 5.90. The van der Waals surface area contributed by atoms with Crippen LogP contribution in [0.2, 0.25) is 0 Å². The molecule has 1 fully saturated rings.